The van der Waals surface area contributed by atoms with E-state index in [1.807, 2.05) is 0 Å². The number of hydrogen-bond donors (Lipinski definition) is 0. The van der Waals surface area contributed by atoms with Crippen LogP contribution in [0.3, 0.4) is 0 Å². The minimum atomic E-state index is -4.36. The first-order chi connectivity index (χ1) is 5.47. The minimum absolute atomic E-state index is 0.155. The van der Waals surface area contributed by atoms with Crippen LogP contribution in [0.2, 0.25) is 0 Å². The molecular weight excluding hydrogens is 169 g/mol. The smallest absolute Gasteiger partial charge is 0.262 e. The molecule has 0 amide bonds. The van der Waals surface area contributed by atoms with E-state index in [1.54, 1.807) is 6.92 Å². The van der Waals surface area contributed by atoms with Gasteiger partial charge in [-0.15, -0.1) is 0 Å². The SMILES string of the molecule is C=NN(CC)/C(=C\C)C(F)(F)F. The van der Waals surface area contributed by atoms with Crippen LogP contribution in [-0.2, 0) is 0 Å². The monoisotopic (exact) mass is 180 g/mol. The van der Waals surface area contributed by atoms with Crippen LogP contribution in [0.25, 0.3) is 0 Å². The zero-order valence-corrected chi connectivity index (χ0v) is 7.02. The van der Waals surface area contributed by atoms with E-state index in [4.69, 9.17) is 0 Å². The first kappa shape index (κ1) is 11.0. The summed E-state index contributed by atoms with van der Waals surface area (Å²) in [5.41, 5.74) is -0.778. The molecule has 0 saturated heterocycles. The molecule has 0 radical (unpaired) electrons. The van der Waals surface area contributed by atoms with Crippen molar-refractivity contribution in [3.05, 3.63) is 11.8 Å². The van der Waals surface area contributed by atoms with Gasteiger partial charge in [-0.1, -0.05) is 6.08 Å². The first-order valence-corrected chi connectivity index (χ1v) is 3.45. The maximum atomic E-state index is 12.1. The van der Waals surface area contributed by atoms with Crippen molar-refractivity contribution in [2.24, 2.45) is 5.10 Å². The van der Waals surface area contributed by atoms with Crippen LogP contribution in [0.1, 0.15) is 13.8 Å². The van der Waals surface area contributed by atoms with Crippen LogP contribution < -0.4 is 0 Å². The maximum absolute atomic E-state index is 12.1. The van der Waals surface area contributed by atoms with Crippen LogP contribution in [0.5, 0.6) is 0 Å². The molecule has 0 aliphatic carbocycles. The largest absolute Gasteiger partial charge is 0.432 e. The van der Waals surface area contributed by atoms with Crippen LogP contribution in [-0.4, -0.2) is 24.4 Å². The molecule has 0 atom stereocenters. The number of nitrogens with zero attached hydrogens (tertiary/aromatic N) is 2. The highest BCUT2D eigenvalue weighted by Crippen LogP contribution is 2.28. The second-order valence-electron chi connectivity index (χ2n) is 2.03. The van der Waals surface area contributed by atoms with Gasteiger partial charge >= 0.3 is 6.18 Å². The number of hydrazone groups is 1. The van der Waals surface area contributed by atoms with Crippen LogP contribution >= 0.6 is 0 Å². The summed E-state index contributed by atoms with van der Waals surface area (Å²) in [4.78, 5) is 0. The maximum Gasteiger partial charge on any atom is 0.432 e. The minimum Gasteiger partial charge on any atom is -0.262 e. The third-order valence-electron chi connectivity index (χ3n) is 1.31. The Morgan fingerprint density at radius 2 is 2.08 bits per heavy atom. The fourth-order valence-electron chi connectivity index (χ4n) is 0.806. The number of rotatable bonds is 3. The fraction of sp³-hybridized carbons (Fsp3) is 0.571. The average molecular weight is 180 g/mol. The number of hydrogen-bond acceptors (Lipinski definition) is 2. The van der Waals surface area contributed by atoms with Crippen molar-refractivity contribution < 1.29 is 13.2 Å². The molecule has 0 fully saturated rings. The van der Waals surface area contributed by atoms with Crippen molar-refractivity contribution >= 4 is 6.72 Å². The molecule has 0 aromatic heterocycles. The molecule has 2 nitrogen and oxygen atoms in total. The van der Waals surface area contributed by atoms with Gasteiger partial charge in [-0.05, 0) is 13.8 Å². The molecule has 12 heavy (non-hydrogen) atoms. The molecule has 0 N–H and O–H groups in total. The van der Waals surface area contributed by atoms with E-state index in [0.717, 1.165) is 11.1 Å². The molecule has 0 bridgehead atoms. The molecule has 0 heterocycles. The summed E-state index contributed by atoms with van der Waals surface area (Å²) in [5, 5.41) is 4.04. The molecular formula is C7H11F3N2. The van der Waals surface area contributed by atoms with Gasteiger partial charge in [0, 0.05) is 13.3 Å². The zero-order chi connectivity index (χ0) is 9.78. The highest BCUT2D eigenvalue weighted by molar-refractivity contribution is 5.24. The lowest BCUT2D eigenvalue weighted by Crippen LogP contribution is -2.27. The standard InChI is InChI=1S/C7H11F3N2/c1-4-6(7(8,9)10)12(5-2)11-3/h4H,3,5H2,1-2H3/b6-4-. The lowest BCUT2D eigenvalue weighted by atomic mass is 10.4. The summed E-state index contributed by atoms with van der Waals surface area (Å²) in [6.07, 6.45) is -3.38. The summed E-state index contributed by atoms with van der Waals surface area (Å²) in [6.45, 7) is 6.09. The Morgan fingerprint density at radius 1 is 1.58 bits per heavy atom. The van der Waals surface area contributed by atoms with Crippen molar-refractivity contribution in [2.45, 2.75) is 20.0 Å². The van der Waals surface area contributed by atoms with E-state index in [1.165, 1.54) is 6.92 Å². The fourth-order valence-corrected chi connectivity index (χ4v) is 0.806. The van der Waals surface area contributed by atoms with Gasteiger partial charge in [0.05, 0.1) is 0 Å². The van der Waals surface area contributed by atoms with Gasteiger partial charge in [-0.25, -0.2) is 0 Å². The number of halogens is 3. The van der Waals surface area contributed by atoms with E-state index < -0.39 is 11.9 Å². The third kappa shape index (κ3) is 2.56. The highest BCUT2D eigenvalue weighted by Gasteiger charge is 2.36. The van der Waals surface area contributed by atoms with Crippen molar-refractivity contribution in [3.63, 3.8) is 0 Å². The Bertz CT molecular complexity index is 184. The van der Waals surface area contributed by atoms with Crippen molar-refractivity contribution in [1.29, 1.82) is 0 Å². The lowest BCUT2D eigenvalue weighted by molar-refractivity contribution is -0.111. The molecule has 0 saturated carbocycles. The van der Waals surface area contributed by atoms with Crippen molar-refractivity contribution in [3.8, 4) is 0 Å². The summed E-state index contributed by atoms with van der Waals surface area (Å²) >= 11 is 0. The van der Waals surface area contributed by atoms with E-state index >= 15 is 0 Å². The quantitative estimate of drug-likeness (QED) is 0.481. The summed E-state index contributed by atoms with van der Waals surface area (Å²) < 4.78 is 36.4. The number of alkyl halides is 3. The summed E-state index contributed by atoms with van der Waals surface area (Å²) in [5.74, 6) is 0. The second kappa shape index (κ2) is 4.13. The predicted molar refractivity (Wildman–Crippen MR) is 41.7 cm³/mol. The van der Waals surface area contributed by atoms with Crippen molar-refractivity contribution in [2.75, 3.05) is 6.54 Å². The number of allylic oxidation sites excluding steroid dienone is 2. The predicted octanol–water partition coefficient (Wildman–Crippen LogP) is 2.39. The van der Waals surface area contributed by atoms with Crippen LogP contribution in [0.4, 0.5) is 13.2 Å². The zero-order valence-electron chi connectivity index (χ0n) is 7.02. The molecule has 5 heteroatoms. The van der Waals surface area contributed by atoms with Crippen LogP contribution in [0, 0.1) is 0 Å². The third-order valence-corrected chi connectivity index (χ3v) is 1.31. The van der Waals surface area contributed by atoms with Gasteiger partial charge in [-0.2, -0.15) is 18.3 Å². The van der Waals surface area contributed by atoms with E-state index in [2.05, 4.69) is 11.8 Å². The molecule has 0 aromatic carbocycles. The average Bonchev–Trinajstić information content (AvgIpc) is 1.97. The Balaban J connectivity index is 4.67. The van der Waals surface area contributed by atoms with Gasteiger partial charge in [0.1, 0.15) is 5.70 Å². The van der Waals surface area contributed by atoms with Gasteiger partial charge in [0.25, 0.3) is 0 Å². The molecule has 0 aromatic rings. The van der Waals surface area contributed by atoms with Gasteiger partial charge in [0.2, 0.25) is 0 Å². The highest BCUT2D eigenvalue weighted by atomic mass is 19.4. The Kier molecular flexibility index (Phi) is 3.79. The van der Waals surface area contributed by atoms with Crippen molar-refractivity contribution in [1.82, 2.24) is 5.01 Å². The first-order valence-electron chi connectivity index (χ1n) is 3.45. The Labute approximate surface area is 69.4 Å². The Hall–Kier alpha value is -1.00. The van der Waals surface area contributed by atoms with Gasteiger partial charge < -0.3 is 0 Å². The molecule has 0 aliphatic rings. The molecule has 0 unspecified atom stereocenters. The molecule has 0 spiro atoms. The lowest BCUT2D eigenvalue weighted by Gasteiger charge is -2.21. The second-order valence-corrected chi connectivity index (χ2v) is 2.03. The van der Waals surface area contributed by atoms with Gasteiger partial charge in [0.15, 0.2) is 0 Å². The topological polar surface area (TPSA) is 15.6 Å². The molecule has 0 rings (SSSR count). The Morgan fingerprint density at radius 3 is 2.17 bits per heavy atom. The molecule has 0 aliphatic heterocycles. The van der Waals surface area contributed by atoms with E-state index in [9.17, 15) is 13.2 Å². The van der Waals surface area contributed by atoms with Crippen LogP contribution in [0.15, 0.2) is 16.9 Å². The van der Waals surface area contributed by atoms with E-state index in [0.29, 0.717) is 0 Å². The van der Waals surface area contributed by atoms with E-state index in [-0.39, 0.29) is 6.54 Å². The normalized spacial score (nSPS) is 12.9. The van der Waals surface area contributed by atoms with Gasteiger partial charge in [-0.3, -0.25) is 5.01 Å². The summed E-state index contributed by atoms with van der Waals surface area (Å²) in [7, 11) is 0. The molecule has 70 valence electrons. The summed E-state index contributed by atoms with van der Waals surface area (Å²) in [6, 6.07) is 0.